The van der Waals surface area contributed by atoms with E-state index < -0.39 is 10.0 Å². The Kier molecular flexibility index (Phi) is 7.37. The first-order valence-electron chi connectivity index (χ1n) is 10.1. The molecule has 0 spiro atoms. The van der Waals surface area contributed by atoms with Crippen molar-refractivity contribution in [2.75, 3.05) is 22.5 Å². The minimum absolute atomic E-state index is 0.0704. The maximum absolute atomic E-state index is 13.1. The summed E-state index contributed by atoms with van der Waals surface area (Å²) in [5, 5.41) is 9.12. The maximum atomic E-state index is 13.1. The number of hydrogen-bond acceptors (Lipinski definition) is 7. The first kappa shape index (κ1) is 24.5. The zero-order chi connectivity index (χ0) is 24.9. The van der Waals surface area contributed by atoms with Crippen molar-refractivity contribution < 1.29 is 27.3 Å². The molecule has 0 saturated heterocycles. The summed E-state index contributed by atoms with van der Waals surface area (Å²) in [4.78, 5) is 22.5. The molecule has 178 valence electrons. The fraction of sp³-hybridized carbons (Fsp3) is 0.174. The van der Waals surface area contributed by atoms with Gasteiger partial charge >= 0.3 is 0 Å². The second-order valence-corrected chi connectivity index (χ2v) is 8.95. The molecule has 11 heteroatoms. The monoisotopic (exact) mass is 484 g/mol. The number of ether oxygens (including phenoxy) is 1. The Morgan fingerprint density at radius 2 is 1.62 bits per heavy atom. The van der Waals surface area contributed by atoms with Gasteiger partial charge in [0.15, 0.2) is 5.76 Å². The molecule has 10 nitrogen and oxygen atoms in total. The molecule has 0 aliphatic carbocycles. The van der Waals surface area contributed by atoms with Crippen molar-refractivity contribution in [2.24, 2.45) is 0 Å². The van der Waals surface area contributed by atoms with Crippen LogP contribution in [0.3, 0.4) is 0 Å². The van der Waals surface area contributed by atoms with Crippen LogP contribution in [0, 0.1) is 6.92 Å². The van der Waals surface area contributed by atoms with Crippen molar-refractivity contribution >= 4 is 51.1 Å². The fourth-order valence-corrected chi connectivity index (χ4v) is 4.31. The molecule has 2 amide bonds. The highest BCUT2D eigenvalue weighted by Gasteiger charge is 2.20. The second kappa shape index (κ2) is 10.2. The third kappa shape index (κ3) is 6.01. The summed E-state index contributed by atoms with van der Waals surface area (Å²) >= 11 is 0. The van der Waals surface area contributed by atoms with E-state index >= 15 is 0 Å². The number of amides is 2. The quantitative estimate of drug-likeness (QED) is 0.441. The van der Waals surface area contributed by atoms with Gasteiger partial charge in [0.2, 0.25) is 11.8 Å². The predicted octanol–water partition coefficient (Wildman–Crippen LogP) is 3.88. The Hall–Kier alpha value is -4.12. The number of aryl methyl sites for hydroxylation is 1. The van der Waals surface area contributed by atoms with Crippen LogP contribution in [0.15, 0.2) is 51.9 Å². The Morgan fingerprint density at radius 3 is 2.24 bits per heavy atom. The van der Waals surface area contributed by atoms with Gasteiger partial charge < -0.3 is 19.9 Å². The third-order valence-electron chi connectivity index (χ3n) is 4.55. The molecular weight excluding hydrogens is 460 g/mol. The molecule has 0 bridgehead atoms. The number of methoxy groups -OCH3 is 1. The molecule has 2 aromatic carbocycles. The Morgan fingerprint density at radius 1 is 0.971 bits per heavy atom. The highest BCUT2D eigenvalue weighted by molar-refractivity contribution is 7.92. The molecule has 0 atom stereocenters. The summed E-state index contributed by atoms with van der Waals surface area (Å²) in [5.74, 6) is -0.0122. The molecule has 0 fully saturated rings. The normalized spacial score (nSPS) is 11.3. The number of carbonyl (C=O) groups excluding carboxylic acids is 2. The third-order valence-corrected chi connectivity index (χ3v) is 5.95. The lowest BCUT2D eigenvalue weighted by Crippen LogP contribution is -2.14. The van der Waals surface area contributed by atoms with E-state index in [0.29, 0.717) is 34.1 Å². The molecule has 34 heavy (non-hydrogen) atoms. The lowest BCUT2D eigenvalue weighted by atomic mass is 10.2. The standard InChI is InChI=1S/C23H24N4O6S/c1-14-23(25-16(3)29)21(33-26-14)12-6-17-5-11-20(32-4)22(13-17)34(30,31)27-19-9-7-18(8-10-19)24-15(2)28/h5-13,27H,1-4H3,(H,24,28)(H,25,29)/b12-6-. The minimum Gasteiger partial charge on any atom is -0.495 e. The van der Waals surface area contributed by atoms with E-state index in [2.05, 4.69) is 20.5 Å². The molecule has 3 N–H and O–H groups in total. The Labute approximate surface area is 197 Å². The van der Waals surface area contributed by atoms with Crippen LogP contribution in [0.5, 0.6) is 5.75 Å². The largest absolute Gasteiger partial charge is 0.495 e. The van der Waals surface area contributed by atoms with Crippen molar-refractivity contribution in [3.05, 3.63) is 59.5 Å². The van der Waals surface area contributed by atoms with Crippen molar-refractivity contribution in [3.63, 3.8) is 0 Å². The van der Waals surface area contributed by atoms with Gasteiger partial charge in [0.25, 0.3) is 10.0 Å². The number of carbonyl (C=O) groups is 2. The van der Waals surface area contributed by atoms with Gasteiger partial charge in [-0.1, -0.05) is 17.3 Å². The number of anilines is 3. The SMILES string of the molecule is COc1ccc(/C=C\c2onc(C)c2NC(C)=O)cc1S(=O)(=O)Nc1ccc(NC(C)=O)cc1. The van der Waals surface area contributed by atoms with Crippen molar-refractivity contribution in [3.8, 4) is 5.75 Å². The minimum atomic E-state index is -4.01. The molecular formula is C23H24N4O6S. The smallest absolute Gasteiger partial charge is 0.265 e. The second-order valence-electron chi connectivity index (χ2n) is 7.30. The summed E-state index contributed by atoms with van der Waals surface area (Å²) < 4.78 is 39.2. The van der Waals surface area contributed by atoms with Gasteiger partial charge in [0, 0.05) is 25.2 Å². The zero-order valence-corrected chi connectivity index (χ0v) is 19.8. The molecule has 1 aromatic heterocycles. The van der Waals surface area contributed by atoms with Crippen LogP contribution >= 0.6 is 0 Å². The van der Waals surface area contributed by atoms with E-state index in [9.17, 15) is 18.0 Å². The summed E-state index contributed by atoms with van der Waals surface area (Å²) in [7, 11) is -2.63. The van der Waals surface area contributed by atoms with Gasteiger partial charge in [-0.25, -0.2) is 8.42 Å². The van der Waals surface area contributed by atoms with E-state index in [1.54, 1.807) is 37.3 Å². The number of nitrogens with one attached hydrogen (secondary N) is 3. The zero-order valence-electron chi connectivity index (χ0n) is 19.0. The van der Waals surface area contributed by atoms with E-state index in [1.165, 1.54) is 45.2 Å². The van der Waals surface area contributed by atoms with Gasteiger partial charge in [0.1, 0.15) is 22.0 Å². The Balaban J connectivity index is 1.88. The summed E-state index contributed by atoms with van der Waals surface area (Å²) in [5.41, 5.74) is 2.36. The average Bonchev–Trinajstić information content (AvgIpc) is 3.11. The first-order chi connectivity index (χ1) is 16.1. The van der Waals surface area contributed by atoms with Crippen LogP contribution in [0.25, 0.3) is 12.2 Å². The van der Waals surface area contributed by atoms with E-state index in [4.69, 9.17) is 9.26 Å². The van der Waals surface area contributed by atoms with Crippen molar-refractivity contribution in [1.29, 1.82) is 0 Å². The van der Waals surface area contributed by atoms with Gasteiger partial charge in [-0.3, -0.25) is 14.3 Å². The lowest BCUT2D eigenvalue weighted by molar-refractivity contribution is -0.115. The number of hydrogen-bond donors (Lipinski definition) is 3. The van der Waals surface area contributed by atoms with Gasteiger partial charge in [-0.2, -0.15) is 0 Å². The number of aromatic nitrogens is 1. The Bertz CT molecular complexity index is 1340. The maximum Gasteiger partial charge on any atom is 0.265 e. The van der Waals surface area contributed by atoms with Crippen molar-refractivity contribution in [1.82, 2.24) is 5.16 Å². The molecule has 0 saturated carbocycles. The molecule has 3 rings (SSSR count). The van der Waals surface area contributed by atoms with Gasteiger partial charge in [-0.05, 0) is 55.0 Å². The molecule has 1 heterocycles. The van der Waals surface area contributed by atoms with Crippen molar-refractivity contribution in [2.45, 2.75) is 25.7 Å². The highest BCUT2D eigenvalue weighted by atomic mass is 32.2. The summed E-state index contributed by atoms with van der Waals surface area (Å²) in [6.45, 7) is 4.45. The molecule has 0 radical (unpaired) electrons. The molecule has 3 aromatic rings. The fourth-order valence-electron chi connectivity index (χ4n) is 3.04. The van der Waals surface area contributed by atoms with Crippen LogP contribution in [0.4, 0.5) is 17.1 Å². The number of rotatable bonds is 8. The summed E-state index contributed by atoms with van der Waals surface area (Å²) in [6, 6.07) is 10.9. The van der Waals surface area contributed by atoms with Crippen LogP contribution in [-0.2, 0) is 19.6 Å². The van der Waals surface area contributed by atoms with Gasteiger partial charge in [-0.15, -0.1) is 0 Å². The molecule has 0 unspecified atom stereocenters. The molecule has 0 aliphatic heterocycles. The lowest BCUT2D eigenvalue weighted by Gasteiger charge is -2.13. The van der Waals surface area contributed by atoms with E-state index in [1.807, 2.05) is 0 Å². The van der Waals surface area contributed by atoms with Crippen LogP contribution in [-0.4, -0.2) is 32.5 Å². The number of sulfonamides is 1. The van der Waals surface area contributed by atoms with Crippen LogP contribution < -0.4 is 20.1 Å². The highest BCUT2D eigenvalue weighted by Crippen LogP contribution is 2.29. The van der Waals surface area contributed by atoms with E-state index in [0.717, 1.165) is 0 Å². The average molecular weight is 485 g/mol. The summed E-state index contributed by atoms with van der Waals surface area (Å²) in [6.07, 6.45) is 3.21. The number of nitrogens with zero attached hydrogens (tertiary/aromatic N) is 1. The van der Waals surface area contributed by atoms with E-state index in [-0.39, 0.29) is 22.5 Å². The van der Waals surface area contributed by atoms with Gasteiger partial charge in [0.05, 0.1) is 7.11 Å². The topological polar surface area (TPSA) is 140 Å². The first-order valence-corrected chi connectivity index (χ1v) is 11.6. The number of benzene rings is 2. The van der Waals surface area contributed by atoms with Crippen LogP contribution in [0.1, 0.15) is 30.9 Å². The molecule has 0 aliphatic rings. The van der Waals surface area contributed by atoms with Crippen LogP contribution in [0.2, 0.25) is 0 Å². The predicted molar refractivity (Wildman–Crippen MR) is 129 cm³/mol.